The van der Waals surface area contributed by atoms with Crippen molar-refractivity contribution in [2.75, 3.05) is 25.6 Å². The Labute approximate surface area is 388 Å². The zero-order valence-corrected chi connectivity index (χ0v) is 40.3. The fraction of sp³-hybridized carbons (Fsp3) is 0.644. The first-order valence-corrected chi connectivity index (χ1v) is 25.8. The molecule has 21 heteroatoms. The van der Waals surface area contributed by atoms with Gasteiger partial charge in [-0.05, 0) is 56.9 Å². The summed E-state index contributed by atoms with van der Waals surface area (Å²) in [4.78, 5) is 61.6. The number of carbonyl (C=O) groups is 2. The van der Waals surface area contributed by atoms with E-state index in [1.54, 1.807) is 6.08 Å². The maximum Gasteiger partial charge on any atom is 0.481 e. The number of nitrogens with zero attached hydrogens (tertiary/aromatic N) is 2. The van der Waals surface area contributed by atoms with Crippen LogP contribution in [0.1, 0.15) is 130 Å². The van der Waals surface area contributed by atoms with Crippen LogP contribution < -0.4 is 11.4 Å². The van der Waals surface area contributed by atoms with Gasteiger partial charge in [0.2, 0.25) is 0 Å². The Hall–Kier alpha value is -3.58. The Morgan fingerprint density at radius 1 is 0.833 bits per heavy atom. The highest BCUT2D eigenvalue weighted by atomic mass is 31.3. The Morgan fingerprint density at radius 3 is 2.12 bits per heavy atom. The third-order valence-corrected chi connectivity index (χ3v) is 12.9. The predicted octanol–water partition coefficient (Wildman–Crippen LogP) is 7.21. The third kappa shape index (κ3) is 26.1. The number of unbranched alkanes of at least 4 members (excludes halogenated alkanes) is 6. The van der Waals surface area contributed by atoms with Crippen molar-refractivity contribution in [1.29, 1.82) is 0 Å². The van der Waals surface area contributed by atoms with Crippen LogP contribution in [0.15, 0.2) is 77.8 Å². The monoisotopic (exact) mass is 973 g/mol. The van der Waals surface area contributed by atoms with Crippen LogP contribution in [-0.2, 0) is 46.3 Å². The zero-order chi connectivity index (χ0) is 48.8. The number of aromatic nitrogens is 2. The molecule has 3 unspecified atom stereocenters. The minimum absolute atomic E-state index is 0.0444. The highest BCUT2D eigenvalue weighted by Gasteiger charge is 2.46. The van der Waals surface area contributed by atoms with E-state index in [2.05, 4.69) is 35.3 Å². The number of ether oxygens (including phenoxy) is 3. The van der Waals surface area contributed by atoms with Crippen LogP contribution in [0.25, 0.3) is 0 Å². The van der Waals surface area contributed by atoms with Crippen molar-refractivity contribution in [3.05, 3.63) is 83.5 Å². The van der Waals surface area contributed by atoms with Gasteiger partial charge >= 0.3 is 33.3 Å². The lowest BCUT2D eigenvalue weighted by atomic mass is 10.00. The summed E-state index contributed by atoms with van der Waals surface area (Å²) in [6.07, 6.45) is 24.5. The number of nitrogen functional groups attached to an aromatic ring is 1. The largest absolute Gasteiger partial charge is 0.481 e. The summed E-state index contributed by atoms with van der Waals surface area (Å²) >= 11 is 0. The van der Waals surface area contributed by atoms with Crippen molar-refractivity contribution in [3.63, 3.8) is 0 Å². The number of nitrogens with two attached hydrogens (primary N) is 1. The Kier molecular flexibility index (Phi) is 29.3. The molecule has 2 heterocycles. The van der Waals surface area contributed by atoms with E-state index in [-0.39, 0.29) is 18.7 Å². The number of phosphoric ester groups is 2. The number of aliphatic hydroxyl groups is 3. The second kappa shape index (κ2) is 33.0. The maximum absolute atomic E-state index is 12.8. The zero-order valence-electron chi connectivity index (χ0n) is 38.5. The molecule has 1 saturated heterocycles. The lowest BCUT2D eigenvalue weighted by molar-refractivity contribution is -0.161. The standard InChI is InChI=1S/C45H73N3O16P2/c1-4-35(3)26-22-18-16-17-20-24-28-40(50)59-32-37(62-41(51)29-25-21-15-13-11-9-7-6-8-10-12-14-19-23-27-36(49)5-2)33-60-65(55,56)64-66(57,58)61-34-38-42(52)43(53)44(63-38)48-31-30-39(46)47-45(48)54/h7-10,13-15,19,23,27,30-31,35-38,42-44,49,52-53H,4-6,11-12,16-18,20-22,24-26,28-29,32-34H2,1-3H3,(H,55,56)(H,57,58)(H2,46,47,54)/b9-7-,10-8-,15-13-,19-14-,27-23+/t35?,36-,37-,38-,42-,43-,44-/m1/s1. The summed E-state index contributed by atoms with van der Waals surface area (Å²) in [5, 5.41) is 30.3. The number of hydrogen-bond donors (Lipinski definition) is 6. The summed E-state index contributed by atoms with van der Waals surface area (Å²) in [5.41, 5.74) is 4.57. The van der Waals surface area contributed by atoms with Crippen LogP contribution in [-0.4, -0.2) is 96.9 Å². The number of carbonyl (C=O) groups excluding carboxylic acids is 2. The normalized spacial score (nSPS) is 21.2. The average Bonchev–Trinajstić information content (AvgIpc) is 3.55. The highest BCUT2D eigenvalue weighted by Crippen LogP contribution is 2.60. The number of anilines is 1. The second-order valence-electron chi connectivity index (χ2n) is 16.0. The molecule has 0 amide bonds. The molecule has 374 valence electrons. The predicted molar refractivity (Wildman–Crippen MR) is 248 cm³/mol. The van der Waals surface area contributed by atoms with E-state index in [0.29, 0.717) is 38.0 Å². The molecule has 0 aromatic carbocycles. The highest BCUT2D eigenvalue weighted by molar-refractivity contribution is 7.61. The first-order valence-electron chi connectivity index (χ1n) is 22.8. The fourth-order valence-electron chi connectivity index (χ4n) is 6.22. The quantitative estimate of drug-likeness (QED) is 0.0129. The van der Waals surface area contributed by atoms with E-state index in [4.69, 9.17) is 29.0 Å². The van der Waals surface area contributed by atoms with Gasteiger partial charge in [-0.25, -0.2) is 13.9 Å². The molecule has 19 nitrogen and oxygen atoms in total. The summed E-state index contributed by atoms with van der Waals surface area (Å²) in [6.45, 7) is 3.96. The second-order valence-corrected chi connectivity index (χ2v) is 19.0. The van der Waals surface area contributed by atoms with Gasteiger partial charge in [0, 0.05) is 19.0 Å². The molecule has 1 aromatic rings. The first-order chi connectivity index (χ1) is 31.5. The number of phosphoric acid groups is 2. The lowest BCUT2D eigenvalue weighted by Crippen LogP contribution is -2.36. The molecule has 7 N–H and O–H groups in total. The summed E-state index contributed by atoms with van der Waals surface area (Å²) in [5.74, 6) is -0.687. The van der Waals surface area contributed by atoms with Crippen LogP contribution in [0.4, 0.5) is 5.82 Å². The number of aliphatic hydroxyl groups excluding tert-OH is 3. The van der Waals surface area contributed by atoms with Gasteiger partial charge in [0.25, 0.3) is 0 Å². The summed E-state index contributed by atoms with van der Waals surface area (Å²) in [6, 6.07) is 1.24. The molecule has 0 saturated carbocycles. The van der Waals surface area contributed by atoms with Gasteiger partial charge in [0.1, 0.15) is 30.7 Å². The molecule has 0 aliphatic carbocycles. The fourth-order valence-corrected chi connectivity index (χ4v) is 8.33. The summed E-state index contributed by atoms with van der Waals surface area (Å²) < 4.78 is 56.5. The number of esters is 2. The molecule has 2 rings (SSSR count). The molecule has 66 heavy (non-hydrogen) atoms. The summed E-state index contributed by atoms with van der Waals surface area (Å²) in [7, 11) is -10.9. The molecule has 1 aliphatic heterocycles. The molecule has 9 atom stereocenters. The van der Waals surface area contributed by atoms with Crippen LogP contribution >= 0.6 is 15.6 Å². The van der Waals surface area contributed by atoms with Crippen LogP contribution in [0.5, 0.6) is 0 Å². The molecule has 0 spiro atoms. The van der Waals surface area contributed by atoms with Crippen molar-refractivity contribution in [2.45, 2.75) is 160 Å². The van der Waals surface area contributed by atoms with Gasteiger partial charge in [-0.1, -0.05) is 126 Å². The third-order valence-electron chi connectivity index (χ3n) is 10.3. The van der Waals surface area contributed by atoms with E-state index in [9.17, 15) is 48.6 Å². The van der Waals surface area contributed by atoms with E-state index in [1.807, 2.05) is 49.5 Å². The van der Waals surface area contributed by atoms with Crippen molar-refractivity contribution in [3.8, 4) is 0 Å². The topological polar surface area (TPSA) is 286 Å². The van der Waals surface area contributed by atoms with Crippen LogP contribution in [0.2, 0.25) is 0 Å². The van der Waals surface area contributed by atoms with Gasteiger partial charge in [0.05, 0.1) is 19.3 Å². The van der Waals surface area contributed by atoms with Crippen molar-refractivity contribution >= 4 is 33.4 Å². The molecule has 0 bridgehead atoms. The van der Waals surface area contributed by atoms with Gasteiger partial charge in [-0.3, -0.25) is 23.2 Å². The molecule has 1 aliphatic rings. The van der Waals surface area contributed by atoms with Gasteiger partial charge in [-0.15, -0.1) is 0 Å². The number of rotatable bonds is 35. The number of allylic oxidation sites excluding steroid dienone is 9. The minimum atomic E-state index is -5.44. The van der Waals surface area contributed by atoms with Gasteiger partial charge in [-0.2, -0.15) is 9.29 Å². The minimum Gasteiger partial charge on any atom is -0.462 e. The van der Waals surface area contributed by atoms with Gasteiger partial charge in [0.15, 0.2) is 12.3 Å². The average molecular weight is 974 g/mol. The molecular weight excluding hydrogens is 900 g/mol. The van der Waals surface area contributed by atoms with Crippen LogP contribution in [0, 0.1) is 5.92 Å². The SMILES string of the molecule is CCC(C)CCCCCCCCC(=O)OC[C@H](COP(=O)(O)OP(=O)(O)OC[C@H]1O[C@@H](n2ccc(N)nc2=O)[C@H](O)[C@@H]1O)OC(=O)CCC/C=C\C/C=C\C/C=C\C/C=C\C=C\[C@H](O)CC. The molecule has 1 fully saturated rings. The Morgan fingerprint density at radius 2 is 1.45 bits per heavy atom. The number of hydrogen-bond acceptors (Lipinski definition) is 16. The van der Waals surface area contributed by atoms with Crippen LogP contribution in [0.3, 0.4) is 0 Å². The van der Waals surface area contributed by atoms with E-state index in [1.165, 1.54) is 18.9 Å². The Bertz CT molecular complexity index is 1870. The Balaban J connectivity index is 1.87. The van der Waals surface area contributed by atoms with Crippen molar-refractivity contribution in [1.82, 2.24) is 9.55 Å². The lowest BCUT2D eigenvalue weighted by Gasteiger charge is -2.21. The van der Waals surface area contributed by atoms with E-state index >= 15 is 0 Å². The maximum atomic E-state index is 12.8. The molecule has 1 aromatic heterocycles. The van der Waals surface area contributed by atoms with E-state index < -0.39 is 89.8 Å². The first kappa shape index (κ1) is 58.5. The molecule has 0 radical (unpaired) electrons. The van der Waals surface area contributed by atoms with Gasteiger partial charge < -0.3 is 45.1 Å². The van der Waals surface area contributed by atoms with E-state index in [0.717, 1.165) is 55.7 Å². The van der Waals surface area contributed by atoms with Crippen molar-refractivity contribution in [2.24, 2.45) is 5.92 Å². The van der Waals surface area contributed by atoms with Crippen molar-refractivity contribution < 1.29 is 71.4 Å². The molecular formula is C45H73N3O16P2. The smallest absolute Gasteiger partial charge is 0.462 e.